The number of aromatic nitrogens is 2. The van der Waals surface area contributed by atoms with Gasteiger partial charge in [0.15, 0.2) is 0 Å². The fourth-order valence-corrected chi connectivity index (χ4v) is 2.48. The van der Waals surface area contributed by atoms with Crippen molar-refractivity contribution in [2.45, 2.75) is 12.5 Å². The molecule has 0 saturated carbocycles. The van der Waals surface area contributed by atoms with Gasteiger partial charge >= 0.3 is 0 Å². The first-order valence-corrected chi connectivity index (χ1v) is 7.21. The molecule has 21 heavy (non-hydrogen) atoms. The van der Waals surface area contributed by atoms with Crippen LogP contribution in [0.4, 0.5) is 0 Å². The van der Waals surface area contributed by atoms with E-state index >= 15 is 0 Å². The van der Waals surface area contributed by atoms with Crippen molar-refractivity contribution in [1.82, 2.24) is 9.78 Å². The predicted molar refractivity (Wildman–Crippen MR) is 85.6 cm³/mol. The SMILES string of the molecule is NC(Cc1ccc(Cl)cc1)c1ccnn1-c1ccccc1. The van der Waals surface area contributed by atoms with Crippen molar-refractivity contribution in [2.75, 3.05) is 0 Å². The predicted octanol–water partition coefficient (Wildman–Crippen LogP) is 3.77. The third kappa shape index (κ3) is 3.15. The molecule has 2 aromatic carbocycles. The van der Waals surface area contributed by atoms with Crippen LogP contribution in [0.25, 0.3) is 5.69 Å². The van der Waals surface area contributed by atoms with Gasteiger partial charge < -0.3 is 5.73 Å². The Hall–Kier alpha value is -2.10. The highest BCUT2D eigenvalue weighted by molar-refractivity contribution is 6.30. The van der Waals surface area contributed by atoms with Crippen molar-refractivity contribution in [3.05, 3.63) is 83.1 Å². The molecule has 3 aromatic rings. The summed E-state index contributed by atoms with van der Waals surface area (Å²) < 4.78 is 1.89. The van der Waals surface area contributed by atoms with Gasteiger partial charge in [-0.05, 0) is 42.3 Å². The molecule has 0 aliphatic rings. The van der Waals surface area contributed by atoms with Crippen LogP contribution in [0.1, 0.15) is 17.3 Å². The lowest BCUT2D eigenvalue weighted by molar-refractivity contribution is 0.654. The monoisotopic (exact) mass is 297 g/mol. The molecule has 0 spiro atoms. The van der Waals surface area contributed by atoms with E-state index < -0.39 is 0 Å². The number of nitrogens with zero attached hydrogens (tertiary/aromatic N) is 2. The smallest absolute Gasteiger partial charge is 0.0649 e. The number of benzene rings is 2. The molecule has 1 heterocycles. The van der Waals surface area contributed by atoms with E-state index in [1.807, 2.05) is 65.3 Å². The fourth-order valence-electron chi connectivity index (χ4n) is 2.36. The zero-order chi connectivity index (χ0) is 14.7. The highest BCUT2D eigenvalue weighted by atomic mass is 35.5. The van der Waals surface area contributed by atoms with Crippen LogP contribution < -0.4 is 5.73 Å². The molecule has 4 heteroatoms. The van der Waals surface area contributed by atoms with Crippen LogP contribution in [0.3, 0.4) is 0 Å². The van der Waals surface area contributed by atoms with Crippen LogP contribution in [0.2, 0.25) is 5.02 Å². The van der Waals surface area contributed by atoms with E-state index in [0.717, 1.165) is 28.4 Å². The lowest BCUT2D eigenvalue weighted by Gasteiger charge is -2.14. The van der Waals surface area contributed by atoms with Crippen LogP contribution in [-0.2, 0) is 6.42 Å². The average Bonchev–Trinajstić information content (AvgIpc) is 3.00. The number of para-hydroxylation sites is 1. The zero-order valence-corrected chi connectivity index (χ0v) is 12.2. The van der Waals surface area contributed by atoms with Gasteiger partial charge in [0.2, 0.25) is 0 Å². The van der Waals surface area contributed by atoms with Gasteiger partial charge in [-0.15, -0.1) is 0 Å². The highest BCUT2D eigenvalue weighted by Gasteiger charge is 2.13. The van der Waals surface area contributed by atoms with Crippen molar-refractivity contribution in [2.24, 2.45) is 5.73 Å². The Morgan fingerprint density at radius 3 is 2.43 bits per heavy atom. The molecule has 106 valence electrons. The first-order chi connectivity index (χ1) is 10.2. The molecular weight excluding hydrogens is 282 g/mol. The van der Waals surface area contributed by atoms with Crippen molar-refractivity contribution < 1.29 is 0 Å². The first kappa shape index (κ1) is 13.9. The summed E-state index contributed by atoms with van der Waals surface area (Å²) >= 11 is 5.91. The molecule has 0 radical (unpaired) electrons. The van der Waals surface area contributed by atoms with E-state index in [1.165, 1.54) is 0 Å². The van der Waals surface area contributed by atoms with Gasteiger partial charge in [0.05, 0.1) is 17.4 Å². The molecule has 3 nitrogen and oxygen atoms in total. The number of hydrogen-bond acceptors (Lipinski definition) is 2. The third-order valence-corrected chi connectivity index (χ3v) is 3.67. The van der Waals surface area contributed by atoms with Crippen molar-refractivity contribution in [3.63, 3.8) is 0 Å². The zero-order valence-electron chi connectivity index (χ0n) is 11.5. The Balaban J connectivity index is 1.84. The van der Waals surface area contributed by atoms with Crippen LogP contribution in [-0.4, -0.2) is 9.78 Å². The Kier molecular flexibility index (Phi) is 4.04. The summed E-state index contributed by atoms with van der Waals surface area (Å²) in [7, 11) is 0. The van der Waals surface area contributed by atoms with E-state index in [2.05, 4.69) is 5.10 Å². The summed E-state index contributed by atoms with van der Waals surface area (Å²) in [6.07, 6.45) is 2.53. The van der Waals surface area contributed by atoms with Gasteiger partial charge in [-0.25, -0.2) is 4.68 Å². The molecule has 0 amide bonds. The molecule has 0 fully saturated rings. The Morgan fingerprint density at radius 1 is 1.00 bits per heavy atom. The number of nitrogens with two attached hydrogens (primary N) is 1. The Labute approximate surface area is 129 Å². The van der Waals surface area contributed by atoms with E-state index in [0.29, 0.717) is 0 Å². The van der Waals surface area contributed by atoms with Gasteiger partial charge in [0, 0.05) is 11.2 Å². The minimum absolute atomic E-state index is 0.117. The molecule has 0 bridgehead atoms. The van der Waals surface area contributed by atoms with Gasteiger partial charge in [0.25, 0.3) is 0 Å². The molecule has 0 aliphatic heterocycles. The minimum atomic E-state index is -0.117. The topological polar surface area (TPSA) is 43.8 Å². The van der Waals surface area contributed by atoms with Gasteiger partial charge in [0.1, 0.15) is 0 Å². The van der Waals surface area contributed by atoms with E-state index in [4.69, 9.17) is 17.3 Å². The maximum atomic E-state index is 6.35. The number of rotatable bonds is 4. The number of halogens is 1. The molecule has 1 unspecified atom stereocenters. The van der Waals surface area contributed by atoms with Crippen molar-refractivity contribution in [3.8, 4) is 5.69 Å². The van der Waals surface area contributed by atoms with Crippen LogP contribution >= 0.6 is 11.6 Å². The van der Waals surface area contributed by atoms with Gasteiger partial charge in [-0.2, -0.15) is 5.10 Å². The maximum absolute atomic E-state index is 6.35. The van der Waals surface area contributed by atoms with Gasteiger partial charge in [-0.1, -0.05) is 41.9 Å². The summed E-state index contributed by atoms with van der Waals surface area (Å²) in [5, 5.41) is 5.12. The molecule has 3 rings (SSSR count). The van der Waals surface area contributed by atoms with Crippen molar-refractivity contribution >= 4 is 11.6 Å². The lowest BCUT2D eigenvalue weighted by Crippen LogP contribution is -2.17. The normalized spacial score (nSPS) is 12.3. The summed E-state index contributed by atoms with van der Waals surface area (Å²) in [5.74, 6) is 0. The average molecular weight is 298 g/mol. The summed E-state index contributed by atoms with van der Waals surface area (Å²) in [6.45, 7) is 0. The Morgan fingerprint density at radius 2 is 1.71 bits per heavy atom. The second kappa shape index (κ2) is 6.12. The highest BCUT2D eigenvalue weighted by Crippen LogP contribution is 2.20. The molecule has 1 atom stereocenters. The summed E-state index contributed by atoms with van der Waals surface area (Å²) in [6, 6.07) is 19.6. The molecular formula is C17H16ClN3. The molecule has 0 aliphatic carbocycles. The largest absolute Gasteiger partial charge is 0.322 e. The van der Waals surface area contributed by atoms with E-state index in [-0.39, 0.29) is 6.04 Å². The number of hydrogen-bond donors (Lipinski definition) is 1. The second-order valence-corrected chi connectivity index (χ2v) is 5.38. The van der Waals surface area contributed by atoms with Crippen molar-refractivity contribution in [1.29, 1.82) is 0 Å². The second-order valence-electron chi connectivity index (χ2n) is 4.94. The minimum Gasteiger partial charge on any atom is -0.322 e. The molecule has 0 saturated heterocycles. The molecule has 2 N–H and O–H groups in total. The fraction of sp³-hybridized carbons (Fsp3) is 0.118. The molecule has 1 aromatic heterocycles. The van der Waals surface area contributed by atoms with E-state index in [1.54, 1.807) is 6.20 Å². The standard InChI is InChI=1S/C17H16ClN3/c18-14-8-6-13(7-9-14)12-16(19)17-10-11-20-21(17)15-4-2-1-3-5-15/h1-11,16H,12,19H2. The van der Waals surface area contributed by atoms with Crippen LogP contribution in [0, 0.1) is 0 Å². The quantitative estimate of drug-likeness (QED) is 0.796. The van der Waals surface area contributed by atoms with Gasteiger partial charge in [-0.3, -0.25) is 0 Å². The van der Waals surface area contributed by atoms with Crippen LogP contribution in [0.15, 0.2) is 66.9 Å². The van der Waals surface area contributed by atoms with Crippen LogP contribution in [0.5, 0.6) is 0 Å². The lowest BCUT2D eigenvalue weighted by atomic mass is 10.0. The van der Waals surface area contributed by atoms with E-state index in [9.17, 15) is 0 Å². The third-order valence-electron chi connectivity index (χ3n) is 3.42. The first-order valence-electron chi connectivity index (χ1n) is 6.83. The summed E-state index contributed by atoms with van der Waals surface area (Å²) in [4.78, 5) is 0. The maximum Gasteiger partial charge on any atom is 0.0649 e. The summed E-state index contributed by atoms with van der Waals surface area (Å²) in [5.41, 5.74) is 9.53. The Bertz CT molecular complexity index is 704.